The van der Waals surface area contributed by atoms with Crippen LogP contribution >= 0.6 is 0 Å². The summed E-state index contributed by atoms with van der Waals surface area (Å²) >= 11 is 0. The smallest absolute Gasteiger partial charge is 0.310 e. The van der Waals surface area contributed by atoms with Crippen molar-refractivity contribution in [2.24, 2.45) is 5.41 Å². The second-order valence-corrected chi connectivity index (χ2v) is 4.79. The van der Waals surface area contributed by atoms with Gasteiger partial charge in [-0.25, -0.2) is 8.78 Å². The van der Waals surface area contributed by atoms with E-state index in [-0.39, 0.29) is 12.1 Å². The number of hydrogen-bond acceptors (Lipinski definition) is 2. The second kappa shape index (κ2) is 4.95. The molecule has 1 fully saturated rings. The van der Waals surface area contributed by atoms with E-state index < -0.39 is 28.9 Å². The van der Waals surface area contributed by atoms with Gasteiger partial charge in [0.05, 0.1) is 11.1 Å². The van der Waals surface area contributed by atoms with Crippen molar-refractivity contribution in [2.45, 2.75) is 25.7 Å². The Labute approximate surface area is 108 Å². The normalized spacial score (nSPS) is 16.5. The van der Waals surface area contributed by atoms with Crippen LogP contribution in [-0.2, 0) is 9.59 Å². The molecule has 0 atom stereocenters. The lowest BCUT2D eigenvalue weighted by atomic mass is 9.66. The number of halogens is 2. The van der Waals surface area contributed by atoms with E-state index in [1.165, 1.54) is 0 Å². The summed E-state index contributed by atoms with van der Waals surface area (Å²) in [7, 11) is 0. The van der Waals surface area contributed by atoms with Crippen molar-refractivity contribution in [2.75, 3.05) is 5.32 Å². The first-order valence-electron chi connectivity index (χ1n) is 5.91. The molecule has 1 saturated carbocycles. The SMILES string of the molecule is O=C(CC1(C(=O)O)CCC1)Nc1ccc(F)cc1F. The lowest BCUT2D eigenvalue weighted by Crippen LogP contribution is -2.41. The summed E-state index contributed by atoms with van der Waals surface area (Å²) in [4.78, 5) is 22.8. The minimum absolute atomic E-state index is 0.147. The molecule has 1 aromatic carbocycles. The molecule has 0 radical (unpaired) electrons. The maximum absolute atomic E-state index is 13.3. The zero-order valence-electron chi connectivity index (χ0n) is 10.1. The summed E-state index contributed by atoms with van der Waals surface area (Å²) in [6.07, 6.45) is 1.47. The molecule has 0 aliphatic heterocycles. The fourth-order valence-corrected chi connectivity index (χ4v) is 2.16. The number of aliphatic carboxylic acids is 1. The van der Waals surface area contributed by atoms with Gasteiger partial charge in [0.15, 0.2) is 0 Å². The van der Waals surface area contributed by atoms with E-state index in [2.05, 4.69) is 5.32 Å². The molecule has 2 rings (SSSR count). The minimum atomic E-state index is -1.03. The lowest BCUT2D eigenvalue weighted by Gasteiger charge is -2.36. The van der Waals surface area contributed by atoms with Crippen molar-refractivity contribution >= 4 is 17.6 Å². The molecule has 0 saturated heterocycles. The molecular formula is C13H13F2NO3. The van der Waals surface area contributed by atoms with Crippen molar-refractivity contribution in [1.29, 1.82) is 0 Å². The van der Waals surface area contributed by atoms with E-state index in [0.717, 1.165) is 18.6 Å². The quantitative estimate of drug-likeness (QED) is 0.882. The van der Waals surface area contributed by atoms with E-state index in [4.69, 9.17) is 5.11 Å². The van der Waals surface area contributed by atoms with E-state index in [1.807, 2.05) is 0 Å². The van der Waals surface area contributed by atoms with Gasteiger partial charge < -0.3 is 10.4 Å². The molecule has 1 aliphatic rings. The zero-order valence-corrected chi connectivity index (χ0v) is 10.1. The largest absolute Gasteiger partial charge is 0.481 e. The highest BCUT2D eigenvalue weighted by Gasteiger charge is 2.45. The van der Waals surface area contributed by atoms with Crippen LogP contribution in [0.25, 0.3) is 0 Å². The first kappa shape index (κ1) is 13.5. The van der Waals surface area contributed by atoms with Crippen LogP contribution in [0.4, 0.5) is 14.5 Å². The Morgan fingerprint density at radius 2 is 2.00 bits per heavy atom. The average Bonchev–Trinajstić information content (AvgIpc) is 2.27. The molecule has 2 N–H and O–H groups in total. The highest BCUT2D eigenvalue weighted by molar-refractivity contribution is 5.94. The first-order chi connectivity index (χ1) is 8.93. The fourth-order valence-electron chi connectivity index (χ4n) is 2.16. The van der Waals surface area contributed by atoms with Gasteiger partial charge in [0, 0.05) is 12.5 Å². The van der Waals surface area contributed by atoms with E-state index in [9.17, 15) is 18.4 Å². The Balaban J connectivity index is 2.03. The predicted octanol–water partition coefficient (Wildman–Crippen LogP) is 2.55. The monoisotopic (exact) mass is 269 g/mol. The van der Waals surface area contributed by atoms with Gasteiger partial charge in [-0.1, -0.05) is 6.42 Å². The topological polar surface area (TPSA) is 66.4 Å². The van der Waals surface area contributed by atoms with Crippen LogP contribution in [-0.4, -0.2) is 17.0 Å². The number of carboxylic acids is 1. The molecule has 0 spiro atoms. The van der Waals surface area contributed by atoms with Gasteiger partial charge in [0.2, 0.25) is 5.91 Å². The van der Waals surface area contributed by atoms with Gasteiger partial charge in [-0.15, -0.1) is 0 Å². The first-order valence-corrected chi connectivity index (χ1v) is 5.91. The number of carbonyl (C=O) groups is 2. The van der Waals surface area contributed by atoms with E-state index in [0.29, 0.717) is 18.9 Å². The number of carbonyl (C=O) groups excluding carboxylic acids is 1. The van der Waals surface area contributed by atoms with Gasteiger partial charge in [-0.3, -0.25) is 9.59 Å². The number of rotatable bonds is 4. The minimum Gasteiger partial charge on any atom is -0.481 e. The summed E-state index contributed by atoms with van der Waals surface area (Å²) in [5.74, 6) is -3.20. The van der Waals surface area contributed by atoms with Crippen molar-refractivity contribution in [3.05, 3.63) is 29.8 Å². The lowest BCUT2D eigenvalue weighted by molar-refractivity contribution is -0.157. The molecule has 0 unspecified atom stereocenters. The van der Waals surface area contributed by atoms with Crippen LogP contribution in [0.1, 0.15) is 25.7 Å². The molecule has 0 bridgehead atoms. The van der Waals surface area contributed by atoms with Crippen LogP contribution in [0, 0.1) is 17.0 Å². The summed E-state index contributed by atoms with van der Waals surface area (Å²) in [6, 6.07) is 2.79. The fraction of sp³-hybridized carbons (Fsp3) is 0.385. The maximum atomic E-state index is 13.3. The van der Waals surface area contributed by atoms with Crippen molar-refractivity contribution in [3.63, 3.8) is 0 Å². The van der Waals surface area contributed by atoms with Crippen LogP contribution in [0.15, 0.2) is 18.2 Å². The number of carboxylic acid groups (broad SMARTS) is 1. The molecule has 0 heterocycles. The van der Waals surface area contributed by atoms with Crippen molar-refractivity contribution < 1.29 is 23.5 Å². The molecule has 102 valence electrons. The number of anilines is 1. The van der Waals surface area contributed by atoms with Crippen molar-refractivity contribution in [3.8, 4) is 0 Å². The van der Waals surface area contributed by atoms with Gasteiger partial charge >= 0.3 is 5.97 Å². The molecule has 19 heavy (non-hydrogen) atoms. The highest BCUT2D eigenvalue weighted by Crippen LogP contribution is 2.44. The van der Waals surface area contributed by atoms with Gasteiger partial charge in [-0.05, 0) is 25.0 Å². The Bertz CT molecular complexity index is 527. The van der Waals surface area contributed by atoms with Crippen LogP contribution in [0.3, 0.4) is 0 Å². The third kappa shape index (κ3) is 2.72. The Hall–Kier alpha value is -1.98. The summed E-state index contributed by atoms with van der Waals surface area (Å²) in [5.41, 5.74) is -1.17. The molecule has 1 amide bonds. The maximum Gasteiger partial charge on any atom is 0.310 e. The third-order valence-electron chi connectivity index (χ3n) is 3.47. The molecular weight excluding hydrogens is 256 g/mol. The van der Waals surface area contributed by atoms with Gasteiger partial charge in [0.25, 0.3) is 0 Å². The zero-order chi connectivity index (χ0) is 14.0. The summed E-state index contributed by atoms with van der Waals surface area (Å²) in [5, 5.41) is 11.4. The molecule has 4 nitrogen and oxygen atoms in total. The Kier molecular flexibility index (Phi) is 3.50. The van der Waals surface area contributed by atoms with Crippen LogP contribution in [0.2, 0.25) is 0 Å². The molecule has 6 heteroatoms. The van der Waals surface area contributed by atoms with Gasteiger partial charge in [-0.2, -0.15) is 0 Å². The molecule has 0 aromatic heterocycles. The molecule has 1 aliphatic carbocycles. The number of hydrogen-bond donors (Lipinski definition) is 2. The van der Waals surface area contributed by atoms with E-state index in [1.54, 1.807) is 0 Å². The number of benzene rings is 1. The Morgan fingerprint density at radius 1 is 1.32 bits per heavy atom. The molecule has 1 aromatic rings. The average molecular weight is 269 g/mol. The Morgan fingerprint density at radius 3 is 2.47 bits per heavy atom. The third-order valence-corrected chi connectivity index (χ3v) is 3.47. The van der Waals surface area contributed by atoms with Crippen molar-refractivity contribution in [1.82, 2.24) is 0 Å². The van der Waals surface area contributed by atoms with Gasteiger partial charge in [0.1, 0.15) is 11.6 Å². The number of nitrogens with one attached hydrogen (secondary N) is 1. The van der Waals surface area contributed by atoms with E-state index >= 15 is 0 Å². The second-order valence-electron chi connectivity index (χ2n) is 4.79. The summed E-state index contributed by atoms with van der Waals surface area (Å²) in [6.45, 7) is 0. The predicted molar refractivity (Wildman–Crippen MR) is 63.5 cm³/mol. The summed E-state index contributed by atoms with van der Waals surface area (Å²) < 4.78 is 26.0. The highest BCUT2D eigenvalue weighted by atomic mass is 19.1. The van der Waals surface area contributed by atoms with Crippen LogP contribution < -0.4 is 5.32 Å². The standard InChI is InChI=1S/C13H13F2NO3/c14-8-2-3-10(9(15)6-8)16-11(17)7-13(12(18)19)4-1-5-13/h2-3,6H,1,4-5,7H2,(H,16,17)(H,18,19). The van der Waals surface area contributed by atoms with Crippen LogP contribution in [0.5, 0.6) is 0 Å². The number of amides is 1.